The summed E-state index contributed by atoms with van der Waals surface area (Å²) in [4.78, 5) is 2.41. The molecule has 0 saturated carbocycles. The summed E-state index contributed by atoms with van der Waals surface area (Å²) in [6.07, 6.45) is 2.31. The van der Waals surface area contributed by atoms with Gasteiger partial charge in [0.1, 0.15) is 10.8 Å². The first-order valence-electron chi connectivity index (χ1n) is 7.42. The van der Waals surface area contributed by atoms with Gasteiger partial charge in [0.25, 0.3) is 0 Å². The van der Waals surface area contributed by atoms with Gasteiger partial charge in [-0.1, -0.05) is 30.3 Å². The van der Waals surface area contributed by atoms with Crippen molar-refractivity contribution in [3.05, 3.63) is 30.3 Å². The van der Waals surface area contributed by atoms with Crippen LogP contribution in [0.2, 0.25) is 0 Å². The average Bonchev–Trinajstić information content (AvgIpc) is 2.85. The molecule has 1 aromatic heterocycles. The summed E-state index contributed by atoms with van der Waals surface area (Å²) in [6, 6.07) is 11.4. The van der Waals surface area contributed by atoms with Crippen molar-refractivity contribution in [1.29, 1.82) is 0 Å². The van der Waals surface area contributed by atoms with E-state index in [4.69, 9.17) is 5.73 Å². The first kappa shape index (κ1) is 14.4. The molecule has 1 saturated heterocycles. The Balaban J connectivity index is 1.81. The van der Waals surface area contributed by atoms with E-state index in [0.29, 0.717) is 17.9 Å². The van der Waals surface area contributed by atoms with Crippen LogP contribution in [0.5, 0.6) is 0 Å². The second-order valence-electron chi connectivity index (χ2n) is 5.83. The Hall–Kier alpha value is -1.59. The van der Waals surface area contributed by atoms with Crippen molar-refractivity contribution >= 4 is 22.4 Å². The lowest BCUT2D eigenvalue weighted by atomic mass is 9.98. The van der Waals surface area contributed by atoms with Crippen LogP contribution >= 0.6 is 11.5 Å². The van der Waals surface area contributed by atoms with Crippen molar-refractivity contribution in [2.24, 2.45) is 0 Å². The lowest BCUT2D eigenvalue weighted by molar-refractivity contribution is 0.190. The van der Waals surface area contributed by atoms with E-state index in [0.717, 1.165) is 35.5 Å². The summed E-state index contributed by atoms with van der Waals surface area (Å²) < 4.78 is 4.34. The quantitative estimate of drug-likeness (QED) is 0.913. The minimum Gasteiger partial charge on any atom is -0.382 e. The zero-order chi connectivity index (χ0) is 14.8. The number of hydrogen-bond acceptors (Lipinski definition) is 5. The molecule has 0 spiro atoms. The Morgan fingerprint density at radius 1 is 1.33 bits per heavy atom. The molecule has 2 aromatic rings. The van der Waals surface area contributed by atoms with E-state index in [2.05, 4.69) is 40.7 Å². The molecular formula is C16H22N4S. The highest BCUT2D eigenvalue weighted by Crippen LogP contribution is 2.37. The number of nitrogens with zero attached hydrogens (tertiary/aromatic N) is 2. The molecule has 112 valence electrons. The van der Waals surface area contributed by atoms with Crippen LogP contribution in [0.3, 0.4) is 0 Å². The zero-order valence-electron chi connectivity index (χ0n) is 12.5. The molecule has 5 heteroatoms. The topological polar surface area (TPSA) is 54.2 Å². The number of aromatic nitrogens is 1. The first-order chi connectivity index (χ1) is 10.1. The summed E-state index contributed by atoms with van der Waals surface area (Å²) in [7, 11) is 2.20. The predicted octanol–water partition coefficient (Wildman–Crippen LogP) is 3.29. The second kappa shape index (κ2) is 6.03. The van der Waals surface area contributed by atoms with E-state index in [1.54, 1.807) is 0 Å². The van der Waals surface area contributed by atoms with Crippen LogP contribution < -0.4 is 11.1 Å². The number of nitrogens with one attached hydrogen (secondary N) is 1. The van der Waals surface area contributed by atoms with Crippen LogP contribution in [0.15, 0.2) is 30.3 Å². The van der Waals surface area contributed by atoms with Crippen LogP contribution in [-0.2, 0) is 0 Å². The van der Waals surface area contributed by atoms with Crippen molar-refractivity contribution in [3.8, 4) is 11.1 Å². The molecule has 2 heterocycles. The van der Waals surface area contributed by atoms with Gasteiger partial charge < -0.3 is 16.0 Å². The van der Waals surface area contributed by atoms with E-state index in [1.165, 1.54) is 11.5 Å². The van der Waals surface area contributed by atoms with Crippen molar-refractivity contribution in [2.75, 3.05) is 24.6 Å². The minimum absolute atomic E-state index is 0.499. The lowest BCUT2D eigenvalue weighted by Crippen LogP contribution is -2.42. The fraction of sp³-hybridized carbons (Fsp3) is 0.438. The number of rotatable bonds is 3. The molecule has 1 fully saturated rings. The van der Waals surface area contributed by atoms with E-state index in [-0.39, 0.29) is 0 Å². The van der Waals surface area contributed by atoms with Gasteiger partial charge in [0, 0.05) is 18.6 Å². The molecule has 2 atom stereocenters. The summed E-state index contributed by atoms with van der Waals surface area (Å²) >= 11 is 1.47. The van der Waals surface area contributed by atoms with E-state index in [9.17, 15) is 0 Å². The Kier molecular flexibility index (Phi) is 4.12. The summed E-state index contributed by atoms with van der Waals surface area (Å²) in [6.45, 7) is 3.42. The fourth-order valence-electron chi connectivity index (χ4n) is 2.89. The van der Waals surface area contributed by atoms with Gasteiger partial charge in [0.15, 0.2) is 0 Å². The number of piperidine rings is 1. The van der Waals surface area contributed by atoms with Gasteiger partial charge in [0.2, 0.25) is 0 Å². The summed E-state index contributed by atoms with van der Waals surface area (Å²) in [5.41, 5.74) is 8.26. The van der Waals surface area contributed by atoms with Gasteiger partial charge in [-0.3, -0.25) is 0 Å². The minimum atomic E-state index is 0.499. The molecule has 0 amide bonds. The maximum Gasteiger partial charge on any atom is 0.147 e. The number of hydrogen-bond donors (Lipinski definition) is 2. The molecule has 3 N–H and O–H groups in total. The number of nitrogens with two attached hydrogens (primary N) is 1. The van der Waals surface area contributed by atoms with Crippen LogP contribution in [0.25, 0.3) is 11.1 Å². The van der Waals surface area contributed by atoms with Gasteiger partial charge in [-0.2, -0.15) is 4.37 Å². The maximum absolute atomic E-state index is 6.08. The Bertz CT molecular complexity index is 596. The molecule has 1 aromatic carbocycles. The monoisotopic (exact) mass is 302 g/mol. The molecule has 0 radical (unpaired) electrons. The number of anilines is 2. The Morgan fingerprint density at radius 2 is 2.10 bits per heavy atom. The molecule has 4 nitrogen and oxygen atoms in total. The third-order valence-corrected chi connectivity index (χ3v) is 5.12. The van der Waals surface area contributed by atoms with Gasteiger partial charge in [-0.25, -0.2) is 0 Å². The Morgan fingerprint density at radius 3 is 2.81 bits per heavy atom. The Labute approximate surface area is 130 Å². The normalized spacial score (nSPS) is 23.1. The van der Waals surface area contributed by atoms with E-state index < -0.39 is 0 Å². The van der Waals surface area contributed by atoms with Crippen LogP contribution in [0.1, 0.15) is 19.8 Å². The maximum atomic E-state index is 6.08. The van der Waals surface area contributed by atoms with Crippen molar-refractivity contribution in [2.45, 2.75) is 31.8 Å². The van der Waals surface area contributed by atoms with Crippen LogP contribution in [-0.4, -0.2) is 34.9 Å². The molecule has 0 bridgehead atoms. The number of likely N-dealkylation sites (tertiary alicyclic amines) is 1. The average molecular weight is 302 g/mol. The third-order valence-electron chi connectivity index (χ3n) is 4.32. The SMILES string of the molecule is CC1CC(Nc2snc(N)c2-c2ccccc2)CCN1C. The molecule has 2 unspecified atom stereocenters. The number of nitrogen functional groups attached to an aromatic ring is 1. The highest BCUT2D eigenvalue weighted by atomic mass is 32.1. The van der Waals surface area contributed by atoms with E-state index in [1.807, 2.05) is 18.2 Å². The van der Waals surface area contributed by atoms with E-state index >= 15 is 0 Å². The fourth-order valence-corrected chi connectivity index (χ4v) is 3.70. The third kappa shape index (κ3) is 3.04. The zero-order valence-corrected chi connectivity index (χ0v) is 13.4. The molecule has 1 aliphatic rings. The molecule has 0 aliphatic carbocycles. The predicted molar refractivity (Wildman–Crippen MR) is 90.7 cm³/mol. The molecule has 21 heavy (non-hydrogen) atoms. The summed E-state index contributed by atoms with van der Waals surface area (Å²) in [5.74, 6) is 0.620. The van der Waals surface area contributed by atoms with Gasteiger partial charge in [0.05, 0.1) is 5.56 Å². The first-order valence-corrected chi connectivity index (χ1v) is 8.20. The van der Waals surface area contributed by atoms with Gasteiger partial charge in [-0.15, -0.1) is 0 Å². The van der Waals surface area contributed by atoms with Crippen molar-refractivity contribution in [3.63, 3.8) is 0 Å². The van der Waals surface area contributed by atoms with Crippen LogP contribution in [0.4, 0.5) is 10.8 Å². The second-order valence-corrected chi connectivity index (χ2v) is 6.61. The van der Waals surface area contributed by atoms with Crippen molar-refractivity contribution < 1.29 is 0 Å². The van der Waals surface area contributed by atoms with Crippen molar-refractivity contribution in [1.82, 2.24) is 9.27 Å². The lowest BCUT2D eigenvalue weighted by Gasteiger charge is -2.35. The van der Waals surface area contributed by atoms with Gasteiger partial charge >= 0.3 is 0 Å². The smallest absolute Gasteiger partial charge is 0.147 e. The standard InChI is InChI=1S/C16H22N4S/c1-11-10-13(8-9-20(11)2)18-16-14(15(17)19-21-16)12-6-4-3-5-7-12/h3-7,11,13,18H,8-10H2,1-2H3,(H2,17,19). The molecular weight excluding hydrogens is 280 g/mol. The highest BCUT2D eigenvalue weighted by Gasteiger charge is 2.24. The van der Waals surface area contributed by atoms with Crippen LogP contribution in [0, 0.1) is 0 Å². The summed E-state index contributed by atoms with van der Waals surface area (Å²) in [5, 5.41) is 4.77. The number of benzene rings is 1. The largest absolute Gasteiger partial charge is 0.382 e. The highest BCUT2D eigenvalue weighted by molar-refractivity contribution is 7.11. The van der Waals surface area contributed by atoms with Gasteiger partial charge in [-0.05, 0) is 43.9 Å². The molecule has 1 aliphatic heterocycles. The molecule has 3 rings (SSSR count).